The standard InChI is InChI=1S/C69H42N2O2/c1-5-21-44(22-6-1)70(45-23-7-2-8-24-45)61-42-60-66(55-41-65-54(40-53(55)61)50-31-15-19-35-63(50)72-65)56-39-52-43(37-59(56)69(60)57-33-17-13-29-48(57)49-30-14-18-34-58(49)69)38-62(68-67(52)51-32-16-20-36-64(51)73-68)71(46-25-9-3-10-26-46)47-27-11-4-12-28-47/h1-42H. The van der Waals surface area contributed by atoms with E-state index < -0.39 is 5.41 Å². The number of hydrogen-bond acceptors (Lipinski definition) is 4. The molecule has 2 aromatic heterocycles. The molecule has 340 valence electrons. The molecule has 2 aliphatic rings. The van der Waals surface area contributed by atoms with Gasteiger partial charge in [-0.2, -0.15) is 0 Å². The van der Waals surface area contributed by atoms with Crippen LogP contribution in [0.25, 0.3) is 87.7 Å². The lowest BCUT2D eigenvalue weighted by molar-refractivity contribution is 0.669. The predicted octanol–water partition coefficient (Wildman–Crippen LogP) is 19.1. The number of nitrogens with zero attached hydrogens (tertiary/aromatic N) is 2. The largest absolute Gasteiger partial charge is 0.456 e. The smallest absolute Gasteiger partial charge is 0.160 e. The number of para-hydroxylation sites is 6. The first-order valence-electron chi connectivity index (χ1n) is 25.1. The van der Waals surface area contributed by atoms with E-state index in [1.807, 2.05) is 0 Å². The summed E-state index contributed by atoms with van der Waals surface area (Å²) in [5.41, 5.74) is 19.1. The van der Waals surface area contributed by atoms with Crippen molar-refractivity contribution < 1.29 is 8.83 Å². The van der Waals surface area contributed by atoms with Crippen LogP contribution in [0.2, 0.25) is 0 Å². The zero-order valence-electron chi connectivity index (χ0n) is 39.5. The van der Waals surface area contributed by atoms with E-state index in [0.717, 1.165) is 99.5 Å². The van der Waals surface area contributed by atoms with E-state index in [2.05, 4.69) is 265 Å². The highest BCUT2D eigenvalue weighted by atomic mass is 16.3. The third-order valence-electron chi connectivity index (χ3n) is 15.8. The molecule has 0 fully saturated rings. The molecule has 14 aromatic rings. The topological polar surface area (TPSA) is 32.8 Å². The fourth-order valence-corrected chi connectivity index (χ4v) is 12.9. The van der Waals surface area contributed by atoms with Crippen molar-refractivity contribution in [3.05, 3.63) is 277 Å². The van der Waals surface area contributed by atoms with Gasteiger partial charge in [0.1, 0.15) is 16.7 Å². The normalized spacial score (nSPS) is 13.0. The Morgan fingerprint density at radius 1 is 0.288 bits per heavy atom. The Balaban J connectivity index is 1.10. The summed E-state index contributed by atoms with van der Waals surface area (Å²) in [6.07, 6.45) is 0. The van der Waals surface area contributed by atoms with Gasteiger partial charge in [0.05, 0.1) is 16.8 Å². The maximum absolute atomic E-state index is 7.10. The lowest BCUT2D eigenvalue weighted by Gasteiger charge is -2.33. The van der Waals surface area contributed by atoms with Crippen LogP contribution in [0.5, 0.6) is 0 Å². The summed E-state index contributed by atoms with van der Waals surface area (Å²) in [5, 5.41) is 8.93. The van der Waals surface area contributed by atoms with Crippen molar-refractivity contribution in [2.75, 3.05) is 9.80 Å². The molecule has 0 aliphatic heterocycles. The molecule has 0 amide bonds. The first-order chi connectivity index (χ1) is 36.2. The van der Waals surface area contributed by atoms with Gasteiger partial charge in [-0.25, -0.2) is 0 Å². The van der Waals surface area contributed by atoms with E-state index in [9.17, 15) is 0 Å². The van der Waals surface area contributed by atoms with E-state index in [-0.39, 0.29) is 0 Å². The highest BCUT2D eigenvalue weighted by Gasteiger charge is 2.53. The molecule has 0 unspecified atom stereocenters. The zero-order valence-corrected chi connectivity index (χ0v) is 39.5. The molecule has 0 saturated carbocycles. The summed E-state index contributed by atoms with van der Waals surface area (Å²) in [4.78, 5) is 4.80. The van der Waals surface area contributed by atoms with Crippen LogP contribution >= 0.6 is 0 Å². The minimum absolute atomic E-state index is 0.691. The SMILES string of the molecule is c1ccc(N(c2ccccc2)c2cc3c(c4cc5oc6ccccc6c5cc24)-c2cc4c(cc2C32c3ccccc3-c3ccccc32)cc(N(c2ccccc2)c2ccccc2)c2oc3ccccc3c24)cc1. The van der Waals surface area contributed by atoms with Gasteiger partial charge in [0.25, 0.3) is 0 Å². The summed E-state index contributed by atoms with van der Waals surface area (Å²) in [6.45, 7) is 0. The fourth-order valence-electron chi connectivity index (χ4n) is 12.9. The molecule has 0 N–H and O–H groups in total. The van der Waals surface area contributed by atoms with Gasteiger partial charge in [-0.15, -0.1) is 0 Å². The first kappa shape index (κ1) is 40.1. The zero-order chi connectivity index (χ0) is 47.8. The quantitative estimate of drug-likeness (QED) is 0.166. The molecular formula is C69H42N2O2. The van der Waals surface area contributed by atoms with Crippen LogP contribution in [-0.2, 0) is 5.41 Å². The van der Waals surface area contributed by atoms with Gasteiger partial charge < -0.3 is 18.6 Å². The Bertz CT molecular complexity index is 4430. The van der Waals surface area contributed by atoms with Crippen LogP contribution in [0.1, 0.15) is 22.3 Å². The van der Waals surface area contributed by atoms with Gasteiger partial charge in [-0.05, 0) is 158 Å². The molecule has 0 atom stereocenters. The molecule has 12 aromatic carbocycles. The molecule has 16 rings (SSSR count). The second-order valence-corrected chi connectivity index (χ2v) is 19.5. The van der Waals surface area contributed by atoms with Crippen molar-refractivity contribution in [1.82, 2.24) is 0 Å². The van der Waals surface area contributed by atoms with Crippen LogP contribution in [0.4, 0.5) is 34.1 Å². The average molecular weight is 931 g/mol. The van der Waals surface area contributed by atoms with E-state index in [1.54, 1.807) is 0 Å². The number of anilines is 6. The number of rotatable bonds is 6. The molecule has 4 heteroatoms. The van der Waals surface area contributed by atoms with Crippen molar-refractivity contribution in [2.45, 2.75) is 5.41 Å². The molecule has 2 heterocycles. The van der Waals surface area contributed by atoms with Gasteiger partial charge in [0.15, 0.2) is 5.58 Å². The van der Waals surface area contributed by atoms with Crippen LogP contribution in [0.15, 0.2) is 264 Å². The van der Waals surface area contributed by atoms with E-state index in [1.165, 1.54) is 44.5 Å². The van der Waals surface area contributed by atoms with Crippen molar-refractivity contribution in [2.24, 2.45) is 0 Å². The Morgan fingerprint density at radius 3 is 1.40 bits per heavy atom. The van der Waals surface area contributed by atoms with Gasteiger partial charge in [-0.1, -0.05) is 158 Å². The lowest BCUT2D eigenvalue weighted by atomic mass is 9.70. The van der Waals surface area contributed by atoms with Crippen molar-refractivity contribution in [1.29, 1.82) is 0 Å². The van der Waals surface area contributed by atoms with Gasteiger partial charge in [0, 0.05) is 49.7 Å². The third kappa shape index (κ3) is 5.55. The Hall–Kier alpha value is -9.64. The minimum atomic E-state index is -0.691. The lowest BCUT2D eigenvalue weighted by Crippen LogP contribution is -2.26. The molecule has 0 saturated heterocycles. The molecule has 0 bridgehead atoms. The summed E-state index contributed by atoms with van der Waals surface area (Å²) >= 11 is 0. The first-order valence-corrected chi connectivity index (χ1v) is 25.1. The molecule has 2 aliphatic carbocycles. The monoisotopic (exact) mass is 930 g/mol. The molecule has 73 heavy (non-hydrogen) atoms. The van der Waals surface area contributed by atoms with Gasteiger partial charge in [-0.3, -0.25) is 0 Å². The van der Waals surface area contributed by atoms with Crippen molar-refractivity contribution in [3.8, 4) is 22.3 Å². The second-order valence-electron chi connectivity index (χ2n) is 19.5. The fraction of sp³-hybridized carbons (Fsp3) is 0.0145. The van der Waals surface area contributed by atoms with E-state index in [4.69, 9.17) is 8.83 Å². The van der Waals surface area contributed by atoms with Crippen LogP contribution in [0.3, 0.4) is 0 Å². The summed E-state index contributed by atoms with van der Waals surface area (Å²) < 4.78 is 14.0. The molecule has 1 spiro atoms. The number of fused-ring (bicyclic) bond motifs is 20. The van der Waals surface area contributed by atoms with Crippen molar-refractivity contribution in [3.63, 3.8) is 0 Å². The molecular weight excluding hydrogens is 889 g/mol. The highest BCUT2D eigenvalue weighted by molar-refractivity contribution is 6.25. The van der Waals surface area contributed by atoms with E-state index >= 15 is 0 Å². The number of benzene rings is 12. The summed E-state index contributed by atoms with van der Waals surface area (Å²) in [6, 6.07) is 92.8. The van der Waals surface area contributed by atoms with Crippen LogP contribution in [-0.4, -0.2) is 0 Å². The van der Waals surface area contributed by atoms with Gasteiger partial charge in [0.2, 0.25) is 0 Å². The predicted molar refractivity (Wildman–Crippen MR) is 302 cm³/mol. The maximum atomic E-state index is 7.10. The minimum Gasteiger partial charge on any atom is -0.456 e. The highest BCUT2D eigenvalue weighted by Crippen LogP contribution is 2.66. The van der Waals surface area contributed by atoms with Gasteiger partial charge >= 0.3 is 0 Å². The summed E-state index contributed by atoms with van der Waals surface area (Å²) in [7, 11) is 0. The van der Waals surface area contributed by atoms with Crippen LogP contribution < -0.4 is 9.80 Å². The summed E-state index contributed by atoms with van der Waals surface area (Å²) in [5.74, 6) is 0. The third-order valence-corrected chi connectivity index (χ3v) is 15.8. The Morgan fingerprint density at radius 2 is 0.795 bits per heavy atom. The molecule has 4 nitrogen and oxygen atoms in total. The maximum Gasteiger partial charge on any atom is 0.160 e. The van der Waals surface area contributed by atoms with Crippen molar-refractivity contribution >= 4 is 99.5 Å². The Kier molecular flexibility index (Phi) is 8.35. The number of furan rings is 2. The molecule has 0 radical (unpaired) electrons. The van der Waals surface area contributed by atoms with E-state index in [0.29, 0.717) is 0 Å². The Labute approximate surface area is 420 Å². The van der Waals surface area contributed by atoms with Crippen LogP contribution in [0, 0.1) is 0 Å². The number of hydrogen-bond donors (Lipinski definition) is 0. The average Bonchev–Trinajstić information content (AvgIpc) is 4.19. The second kappa shape index (κ2) is 15.2.